The number of sulfonamides is 1. The van der Waals surface area contributed by atoms with Crippen molar-refractivity contribution in [2.75, 3.05) is 13.1 Å². The van der Waals surface area contributed by atoms with Gasteiger partial charge < -0.3 is 10.0 Å². The molecule has 1 fully saturated rings. The monoisotopic (exact) mass is 512 g/mol. The number of carboxylic acid groups (broad SMARTS) is 1. The van der Waals surface area contributed by atoms with E-state index in [1.165, 1.54) is 16.4 Å². The van der Waals surface area contributed by atoms with E-state index < -0.39 is 28.1 Å². The molecule has 1 aliphatic rings. The second-order valence-electron chi connectivity index (χ2n) is 8.42. The lowest BCUT2D eigenvalue weighted by molar-refractivity contribution is -0.136. The third-order valence-corrected chi connectivity index (χ3v) is 8.63. The van der Waals surface area contributed by atoms with Crippen LogP contribution in [0.15, 0.2) is 41.3 Å². The summed E-state index contributed by atoms with van der Waals surface area (Å²) in [7, 11) is -3.88. The SMILES string of the molecule is Cc1ccc(S(=O)(=O)N2C(C)CN(C(=O)Cc3ccc(Cl)c(Cl)c3)C[C@@H]2C)cc1CC(=O)O. The number of piperazine rings is 1. The van der Waals surface area contributed by atoms with Crippen molar-refractivity contribution in [3.63, 3.8) is 0 Å². The maximum atomic E-state index is 13.4. The number of carboxylic acids is 1. The molecule has 1 aliphatic heterocycles. The lowest BCUT2D eigenvalue weighted by Crippen LogP contribution is -2.59. The van der Waals surface area contributed by atoms with Crippen molar-refractivity contribution >= 4 is 45.1 Å². The van der Waals surface area contributed by atoms with Crippen LogP contribution in [0, 0.1) is 6.92 Å². The molecule has 1 amide bonds. The molecule has 2 atom stereocenters. The second kappa shape index (κ2) is 10.0. The fourth-order valence-electron chi connectivity index (χ4n) is 4.20. The molecule has 10 heteroatoms. The maximum Gasteiger partial charge on any atom is 0.307 e. The van der Waals surface area contributed by atoms with Crippen molar-refractivity contribution in [1.82, 2.24) is 9.21 Å². The topological polar surface area (TPSA) is 95.0 Å². The van der Waals surface area contributed by atoms with Gasteiger partial charge in [-0.15, -0.1) is 0 Å². The van der Waals surface area contributed by atoms with Gasteiger partial charge in [-0.3, -0.25) is 9.59 Å². The summed E-state index contributed by atoms with van der Waals surface area (Å²) in [5.74, 6) is -1.15. The third-order valence-electron chi connectivity index (χ3n) is 5.77. The number of hydrogen-bond acceptors (Lipinski definition) is 4. The smallest absolute Gasteiger partial charge is 0.307 e. The van der Waals surface area contributed by atoms with Crippen LogP contribution in [-0.4, -0.2) is 59.8 Å². The molecular weight excluding hydrogens is 487 g/mol. The van der Waals surface area contributed by atoms with Gasteiger partial charge in [0.05, 0.1) is 27.8 Å². The summed E-state index contributed by atoms with van der Waals surface area (Å²) >= 11 is 12.0. The zero-order valence-electron chi connectivity index (χ0n) is 18.6. The molecule has 33 heavy (non-hydrogen) atoms. The molecule has 0 radical (unpaired) electrons. The van der Waals surface area contributed by atoms with Crippen molar-refractivity contribution in [3.05, 3.63) is 63.1 Å². The number of nitrogens with zero attached hydrogens (tertiary/aromatic N) is 2. The van der Waals surface area contributed by atoms with E-state index in [1.807, 2.05) is 0 Å². The number of aliphatic carboxylic acids is 1. The highest BCUT2D eigenvalue weighted by molar-refractivity contribution is 7.89. The molecular formula is C23H26Cl2N2O5S. The second-order valence-corrected chi connectivity index (χ2v) is 11.1. The Balaban J connectivity index is 1.78. The average molecular weight is 513 g/mol. The number of amides is 1. The summed E-state index contributed by atoms with van der Waals surface area (Å²) in [5, 5.41) is 9.91. The minimum atomic E-state index is -3.88. The quantitative estimate of drug-likeness (QED) is 0.635. The molecule has 3 rings (SSSR count). The van der Waals surface area contributed by atoms with E-state index in [-0.39, 0.29) is 36.7 Å². The van der Waals surface area contributed by atoms with E-state index >= 15 is 0 Å². The first-order valence-corrected chi connectivity index (χ1v) is 12.7. The number of halogens is 2. The number of benzene rings is 2. The van der Waals surface area contributed by atoms with E-state index in [9.17, 15) is 18.0 Å². The highest BCUT2D eigenvalue weighted by Gasteiger charge is 2.39. The first-order valence-electron chi connectivity index (χ1n) is 10.5. The van der Waals surface area contributed by atoms with E-state index in [4.69, 9.17) is 28.3 Å². The van der Waals surface area contributed by atoms with Crippen molar-refractivity contribution in [3.8, 4) is 0 Å². The van der Waals surface area contributed by atoms with Crippen LogP contribution >= 0.6 is 23.2 Å². The summed E-state index contributed by atoms with van der Waals surface area (Å²) in [4.78, 5) is 25.8. The van der Waals surface area contributed by atoms with Crippen molar-refractivity contribution in [2.24, 2.45) is 0 Å². The molecule has 1 heterocycles. The van der Waals surface area contributed by atoms with Crippen LogP contribution < -0.4 is 0 Å². The van der Waals surface area contributed by atoms with Gasteiger partial charge in [-0.1, -0.05) is 35.3 Å². The van der Waals surface area contributed by atoms with Gasteiger partial charge >= 0.3 is 5.97 Å². The number of rotatable bonds is 6. The Morgan fingerprint density at radius 3 is 2.21 bits per heavy atom. The van der Waals surface area contributed by atoms with Gasteiger partial charge in [0.2, 0.25) is 15.9 Å². The molecule has 0 aromatic heterocycles. The average Bonchev–Trinajstić information content (AvgIpc) is 2.71. The Labute approximate surface area is 204 Å². The molecule has 2 aromatic carbocycles. The van der Waals surface area contributed by atoms with Crippen molar-refractivity contribution in [2.45, 2.75) is 50.6 Å². The van der Waals surface area contributed by atoms with Crippen LogP contribution in [0.25, 0.3) is 0 Å². The fraction of sp³-hybridized carbons (Fsp3) is 0.391. The normalized spacial score (nSPS) is 19.5. The van der Waals surface area contributed by atoms with Crippen LogP contribution in [0.1, 0.15) is 30.5 Å². The zero-order valence-corrected chi connectivity index (χ0v) is 20.9. The Bertz CT molecular complexity index is 1170. The van der Waals surface area contributed by atoms with Crippen LogP contribution in [-0.2, 0) is 32.5 Å². The molecule has 0 spiro atoms. The van der Waals surface area contributed by atoms with Crippen LogP contribution in [0.5, 0.6) is 0 Å². The minimum absolute atomic E-state index is 0.0543. The predicted octanol–water partition coefficient (Wildman–Crippen LogP) is 3.78. The first-order chi connectivity index (χ1) is 15.4. The molecule has 178 valence electrons. The number of carbonyl (C=O) groups excluding carboxylic acids is 1. The van der Waals surface area contributed by atoms with Crippen LogP contribution in [0.4, 0.5) is 0 Å². The van der Waals surface area contributed by atoms with Gasteiger partial charge in [0.25, 0.3) is 0 Å². The van der Waals surface area contributed by atoms with Gasteiger partial charge in [-0.25, -0.2) is 8.42 Å². The zero-order chi connectivity index (χ0) is 24.5. The molecule has 0 aliphatic carbocycles. The summed E-state index contributed by atoms with van der Waals surface area (Å²) in [6.45, 7) is 5.77. The largest absolute Gasteiger partial charge is 0.481 e. The van der Waals surface area contributed by atoms with Gasteiger partial charge in [-0.2, -0.15) is 4.31 Å². The molecule has 1 N–H and O–H groups in total. The van der Waals surface area contributed by atoms with Gasteiger partial charge in [0.1, 0.15) is 0 Å². The van der Waals surface area contributed by atoms with E-state index in [0.29, 0.717) is 15.6 Å². The Morgan fingerprint density at radius 1 is 1.00 bits per heavy atom. The molecule has 0 saturated carbocycles. The van der Waals surface area contributed by atoms with Crippen LogP contribution in [0.2, 0.25) is 10.0 Å². The molecule has 0 bridgehead atoms. The predicted molar refractivity (Wildman–Crippen MR) is 127 cm³/mol. The van der Waals surface area contributed by atoms with Gasteiger partial charge in [0.15, 0.2) is 0 Å². The summed E-state index contributed by atoms with van der Waals surface area (Å²) in [6, 6.07) is 8.67. The Kier molecular flexibility index (Phi) is 7.73. The number of carbonyl (C=O) groups is 2. The summed E-state index contributed by atoms with van der Waals surface area (Å²) in [5.41, 5.74) is 1.91. The number of hydrogen-bond donors (Lipinski definition) is 1. The lowest BCUT2D eigenvalue weighted by atomic mass is 10.1. The fourth-order valence-corrected chi connectivity index (χ4v) is 6.38. The van der Waals surface area contributed by atoms with Crippen LogP contribution in [0.3, 0.4) is 0 Å². The van der Waals surface area contributed by atoms with Crippen molar-refractivity contribution in [1.29, 1.82) is 0 Å². The molecule has 1 unspecified atom stereocenters. The lowest BCUT2D eigenvalue weighted by Gasteiger charge is -2.43. The van der Waals surface area contributed by atoms with Gasteiger partial charge in [-0.05, 0) is 61.7 Å². The molecule has 1 saturated heterocycles. The van der Waals surface area contributed by atoms with E-state index in [0.717, 1.165) is 11.1 Å². The van der Waals surface area contributed by atoms with E-state index in [1.54, 1.807) is 49.9 Å². The Morgan fingerprint density at radius 2 is 1.64 bits per heavy atom. The third kappa shape index (κ3) is 5.69. The number of aryl methyl sites for hydroxylation is 1. The summed E-state index contributed by atoms with van der Waals surface area (Å²) in [6.07, 6.45) is -0.114. The van der Waals surface area contributed by atoms with E-state index in [2.05, 4.69) is 0 Å². The molecule has 7 nitrogen and oxygen atoms in total. The Hall–Kier alpha value is -2.13. The minimum Gasteiger partial charge on any atom is -0.481 e. The first kappa shape index (κ1) is 25.5. The standard InChI is InChI=1S/C23H26Cl2N2O5S/c1-14-4-6-19(10-18(14)11-23(29)30)33(31,32)27-15(2)12-26(13-16(27)3)22(28)9-17-5-7-20(24)21(25)8-17/h4-8,10,15-16H,9,11-13H2,1-3H3,(H,29,30)/t15-,16?/m0/s1. The van der Waals surface area contributed by atoms with Gasteiger partial charge in [0, 0.05) is 25.2 Å². The molecule has 2 aromatic rings. The highest BCUT2D eigenvalue weighted by Crippen LogP contribution is 2.28. The summed E-state index contributed by atoms with van der Waals surface area (Å²) < 4.78 is 28.3. The van der Waals surface area contributed by atoms with Crippen molar-refractivity contribution < 1.29 is 23.1 Å². The maximum absolute atomic E-state index is 13.4. The highest BCUT2D eigenvalue weighted by atomic mass is 35.5.